The first-order valence-electron chi connectivity index (χ1n) is 10.2. The second kappa shape index (κ2) is 10.9. The smallest absolute Gasteiger partial charge is 0.232 e. The molecule has 0 atom stereocenters. The van der Waals surface area contributed by atoms with E-state index in [1.54, 1.807) is 18.9 Å². The van der Waals surface area contributed by atoms with Gasteiger partial charge in [-0.2, -0.15) is 0 Å². The molecule has 0 bridgehead atoms. The predicted molar refractivity (Wildman–Crippen MR) is 123 cm³/mol. The van der Waals surface area contributed by atoms with Crippen molar-refractivity contribution >= 4 is 23.4 Å². The zero-order chi connectivity index (χ0) is 22.2. The minimum absolute atomic E-state index is 0.106. The summed E-state index contributed by atoms with van der Waals surface area (Å²) in [6, 6.07) is 13.5. The lowest BCUT2D eigenvalue weighted by Gasteiger charge is -2.11. The van der Waals surface area contributed by atoms with Crippen molar-refractivity contribution in [1.29, 1.82) is 0 Å². The lowest BCUT2D eigenvalue weighted by molar-refractivity contribution is -0.115. The fraction of sp³-hybridized carbons (Fsp3) is 0.348. The highest BCUT2D eigenvalue weighted by Crippen LogP contribution is 2.26. The van der Waals surface area contributed by atoms with E-state index in [2.05, 4.69) is 15.5 Å². The zero-order valence-corrected chi connectivity index (χ0v) is 19.2. The van der Waals surface area contributed by atoms with Gasteiger partial charge in [-0.1, -0.05) is 41.6 Å². The van der Waals surface area contributed by atoms with Crippen LogP contribution in [0.15, 0.2) is 47.6 Å². The fourth-order valence-corrected chi connectivity index (χ4v) is 4.03. The van der Waals surface area contributed by atoms with Gasteiger partial charge in [0, 0.05) is 18.0 Å². The summed E-state index contributed by atoms with van der Waals surface area (Å²) in [5.41, 5.74) is 3.02. The number of carbonyl (C=O) groups is 1. The molecule has 0 saturated carbocycles. The van der Waals surface area contributed by atoms with E-state index < -0.39 is 0 Å². The van der Waals surface area contributed by atoms with E-state index in [1.165, 1.54) is 0 Å². The Morgan fingerprint density at radius 1 is 1.13 bits per heavy atom. The van der Waals surface area contributed by atoms with Gasteiger partial charge in [0.1, 0.15) is 5.82 Å². The average Bonchev–Trinajstić information content (AvgIpc) is 3.14. The molecule has 31 heavy (non-hydrogen) atoms. The summed E-state index contributed by atoms with van der Waals surface area (Å²) >= 11 is 1.55. The van der Waals surface area contributed by atoms with Crippen molar-refractivity contribution in [3.8, 4) is 11.5 Å². The van der Waals surface area contributed by atoms with Crippen molar-refractivity contribution in [2.24, 2.45) is 0 Å². The lowest BCUT2D eigenvalue weighted by Crippen LogP contribution is -2.18. The molecule has 0 saturated heterocycles. The Labute approximate surface area is 187 Å². The van der Waals surface area contributed by atoms with E-state index in [4.69, 9.17) is 9.47 Å². The predicted octanol–water partition coefficient (Wildman–Crippen LogP) is 4.28. The van der Waals surface area contributed by atoms with Crippen LogP contribution in [0.4, 0.5) is 5.69 Å². The molecule has 1 aromatic heterocycles. The van der Waals surface area contributed by atoms with Gasteiger partial charge in [-0.15, -0.1) is 10.2 Å². The highest BCUT2D eigenvalue weighted by Gasteiger charge is 2.15. The summed E-state index contributed by atoms with van der Waals surface area (Å²) < 4.78 is 13.1. The van der Waals surface area contributed by atoms with Crippen LogP contribution in [0.1, 0.15) is 23.9 Å². The Bertz CT molecular complexity index is 1040. The summed E-state index contributed by atoms with van der Waals surface area (Å²) in [6.07, 6.45) is 0.173. The first-order valence-corrected chi connectivity index (χ1v) is 11.2. The number of hydrogen-bond donors (Lipinski definition) is 1. The van der Waals surface area contributed by atoms with Gasteiger partial charge in [0.15, 0.2) is 16.7 Å². The number of carbonyl (C=O) groups excluding carboxylic acids is 1. The standard InChI is InChI=1S/C23H28N4O3S/c1-5-27-21(15-22(28)24-18-11-10-16(2)14-17(18)3)25-26-23(27)31-13-12-30-20-9-7-6-8-19(20)29-4/h6-11,14H,5,12-13,15H2,1-4H3,(H,24,28). The van der Waals surface area contributed by atoms with Gasteiger partial charge < -0.3 is 19.4 Å². The number of methoxy groups -OCH3 is 1. The number of benzene rings is 2. The number of aryl methyl sites for hydroxylation is 2. The molecule has 1 heterocycles. The number of nitrogens with one attached hydrogen (secondary N) is 1. The number of amides is 1. The largest absolute Gasteiger partial charge is 0.493 e. The Morgan fingerprint density at radius 3 is 2.61 bits per heavy atom. The number of rotatable bonds is 10. The number of para-hydroxylation sites is 2. The van der Waals surface area contributed by atoms with Crippen LogP contribution in [0.2, 0.25) is 0 Å². The minimum atomic E-state index is -0.106. The second-order valence-corrected chi connectivity index (χ2v) is 8.10. The first kappa shape index (κ1) is 22.7. The van der Waals surface area contributed by atoms with E-state index in [0.717, 1.165) is 22.0 Å². The third-order valence-corrected chi connectivity index (χ3v) is 5.66. The van der Waals surface area contributed by atoms with Crippen LogP contribution in [0.25, 0.3) is 0 Å². The number of thioether (sulfide) groups is 1. The van der Waals surface area contributed by atoms with Crippen LogP contribution in [-0.2, 0) is 17.8 Å². The SMILES string of the molecule is CCn1c(CC(=O)Nc2ccc(C)cc2C)nnc1SCCOc1ccccc1OC. The molecule has 3 aromatic rings. The van der Waals surface area contributed by atoms with Crippen LogP contribution in [0, 0.1) is 13.8 Å². The van der Waals surface area contributed by atoms with Gasteiger partial charge in [-0.05, 0) is 44.5 Å². The minimum Gasteiger partial charge on any atom is -0.493 e. The molecule has 164 valence electrons. The maximum Gasteiger partial charge on any atom is 0.232 e. The normalized spacial score (nSPS) is 10.7. The third-order valence-electron chi connectivity index (χ3n) is 4.73. The summed E-state index contributed by atoms with van der Waals surface area (Å²) in [7, 11) is 1.62. The highest BCUT2D eigenvalue weighted by molar-refractivity contribution is 7.99. The van der Waals surface area contributed by atoms with Crippen molar-refractivity contribution in [2.75, 3.05) is 24.8 Å². The highest BCUT2D eigenvalue weighted by atomic mass is 32.2. The maximum atomic E-state index is 12.5. The monoisotopic (exact) mass is 440 g/mol. The fourth-order valence-electron chi connectivity index (χ4n) is 3.19. The molecule has 0 fully saturated rings. The summed E-state index contributed by atoms with van der Waals surface area (Å²) in [5.74, 6) is 2.67. The summed E-state index contributed by atoms with van der Waals surface area (Å²) in [6.45, 7) is 7.23. The number of ether oxygens (including phenoxy) is 2. The quantitative estimate of drug-likeness (QED) is 0.375. The molecule has 0 unspecified atom stereocenters. The number of hydrogen-bond acceptors (Lipinski definition) is 6. The average molecular weight is 441 g/mol. The zero-order valence-electron chi connectivity index (χ0n) is 18.3. The van der Waals surface area contributed by atoms with Crippen LogP contribution >= 0.6 is 11.8 Å². The van der Waals surface area contributed by atoms with Gasteiger partial charge in [-0.25, -0.2) is 0 Å². The molecule has 0 aliphatic rings. The van der Waals surface area contributed by atoms with Crippen molar-refractivity contribution < 1.29 is 14.3 Å². The molecule has 0 aliphatic carbocycles. The Morgan fingerprint density at radius 2 is 1.90 bits per heavy atom. The lowest BCUT2D eigenvalue weighted by atomic mass is 10.1. The topological polar surface area (TPSA) is 78.3 Å². The van der Waals surface area contributed by atoms with E-state index in [9.17, 15) is 4.79 Å². The molecule has 1 N–H and O–H groups in total. The molecule has 0 aliphatic heterocycles. The molecule has 0 radical (unpaired) electrons. The molecule has 2 aromatic carbocycles. The Hall–Kier alpha value is -3.00. The third kappa shape index (κ3) is 6.01. The molecule has 0 spiro atoms. The Balaban J connectivity index is 1.55. The van der Waals surface area contributed by atoms with Crippen molar-refractivity contribution in [2.45, 2.75) is 38.9 Å². The van der Waals surface area contributed by atoms with Gasteiger partial charge in [-0.3, -0.25) is 4.79 Å². The van der Waals surface area contributed by atoms with Crippen molar-refractivity contribution in [3.05, 3.63) is 59.4 Å². The van der Waals surface area contributed by atoms with Gasteiger partial charge in [0.2, 0.25) is 5.91 Å². The van der Waals surface area contributed by atoms with Gasteiger partial charge in [0.25, 0.3) is 0 Å². The van der Waals surface area contributed by atoms with Crippen LogP contribution in [0.5, 0.6) is 11.5 Å². The summed E-state index contributed by atoms with van der Waals surface area (Å²) in [5, 5.41) is 12.3. The van der Waals surface area contributed by atoms with E-state index in [0.29, 0.717) is 36.2 Å². The van der Waals surface area contributed by atoms with E-state index >= 15 is 0 Å². The molecule has 1 amide bonds. The van der Waals surface area contributed by atoms with Gasteiger partial charge >= 0.3 is 0 Å². The first-order chi connectivity index (χ1) is 15.0. The maximum absolute atomic E-state index is 12.5. The molecule has 8 heteroatoms. The molecule has 7 nitrogen and oxygen atoms in total. The molecular formula is C23H28N4O3S. The Kier molecular flexibility index (Phi) is 7.94. The van der Waals surface area contributed by atoms with Crippen molar-refractivity contribution in [1.82, 2.24) is 14.8 Å². The van der Waals surface area contributed by atoms with Crippen LogP contribution in [-0.4, -0.2) is 40.1 Å². The molecule has 3 rings (SSSR count). The van der Waals surface area contributed by atoms with Gasteiger partial charge in [0.05, 0.1) is 20.1 Å². The van der Waals surface area contributed by atoms with Crippen molar-refractivity contribution in [3.63, 3.8) is 0 Å². The number of nitrogens with zero attached hydrogens (tertiary/aromatic N) is 3. The van der Waals surface area contributed by atoms with E-state index in [-0.39, 0.29) is 12.3 Å². The second-order valence-electron chi connectivity index (χ2n) is 7.03. The summed E-state index contributed by atoms with van der Waals surface area (Å²) in [4.78, 5) is 12.5. The van der Waals surface area contributed by atoms with Crippen LogP contribution < -0.4 is 14.8 Å². The number of anilines is 1. The molecular weight excluding hydrogens is 412 g/mol. The number of aromatic nitrogens is 3. The van der Waals surface area contributed by atoms with E-state index in [1.807, 2.05) is 67.8 Å². The van der Waals surface area contributed by atoms with Crippen LogP contribution in [0.3, 0.4) is 0 Å².